The summed E-state index contributed by atoms with van der Waals surface area (Å²) in [6, 6.07) is 11.3. The molecule has 1 aromatic carbocycles. The summed E-state index contributed by atoms with van der Waals surface area (Å²) in [7, 11) is 2.20. The molecule has 3 rings (SSSR count). The second kappa shape index (κ2) is 3.57. The Balaban J connectivity index is 1.91. The van der Waals surface area contributed by atoms with Crippen LogP contribution in [0.3, 0.4) is 0 Å². The van der Waals surface area contributed by atoms with Gasteiger partial charge in [0.1, 0.15) is 0 Å². The van der Waals surface area contributed by atoms with Crippen molar-refractivity contribution in [1.82, 2.24) is 4.90 Å². The maximum Gasteiger partial charge on any atom is 0.0926 e. The van der Waals surface area contributed by atoms with Crippen LogP contribution in [0.5, 0.6) is 0 Å². The highest BCUT2D eigenvalue weighted by atomic mass is 16.3. The van der Waals surface area contributed by atoms with E-state index in [1.165, 1.54) is 12.8 Å². The highest BCUT2D eigenvalue weighted by molar-refractivity contribution is 5.24. The standard InChI is InChI=1S/C14H19NO/c1-15-12-7-8-13(15)10-14(16,9-12)11-5-3-2-4-6-11/h2-6,12-13,16H,7-10H2,1H3. The Bertz CT molecular complexity index is 362. The van der Waals surface area contributed by atoms with Crippen LogP contribution in [-0.2, 0) is 5.60 Å². The number of hydrogen-bond donors (Lipinski definition) is 1. The lowest BCUT2D eigenvalue weighted by molar-refractivity contribution is -0.0493. The van der Waals surface area contributed by atoms with Crippen molar-refractivity contribution in [1.29, 1.82) is 0 Å². The van der Waals surface area contributed by atoms with Gasteiger partial charge in [-0.05, 0) is 38.3 Å². The maximum absolute atomic E-state index is 10.8. The molecule has 2 saturated heterocycles. The molecule has 86 valence electrons. The summed E-state index contributed by atoms with van der Waals surface area (Å²) in [6.07, 6.45) is 4.28. The average Bonchev–Trinajstić information content (AvgIpc) is 2.54. The predicted octanol–water partition coefficient (Wildman–Crippen LogP) is 2.13. The van der Waals surface area contributed by atoms with Gasteiger partial charge in [0.15, 0.2) is 0 Å². The largest absolute Gasteiger partial charge is 0.385 e. The summed E-state index contributed by atoms with van der Waals surface area (Å²) in [5, 5.41) is 10.8. The molecule has 2 aliphatic rings. The molecule has 0 saturated carbocycles. The number of piperidine rings is 1. The van der Waals surface area contributed by atoms with E-state index in [-0.39, 0.29) is 0 Å². The molecule has 0 radical (unpaired) electrons. The minimum absolute atomic E-state index is 0.573. The molecule has 0 amide bonds. The van der Waals surface area contributed by atoms with Crippen LogP contribution in [0.4, 0.5) is 0 Å². The Morgan fingerprint density at radius 2 is 1.69 bits per heavy atom. The Labute approximate surface area is 96.9 Å². The first-order valence-corrected chi connectivity index (χ1v) is 6.19. The topological polar surface area (TPSA) is 23.5 Å². The van der Waals surface area contributed by atoms with Crippen molar-refractivity contribution in [3.05, 3.63) is 35.9 Å². The van der Waals surface area contributed by atoms with Gasteiger partial charge in [-0.25, -0.2) is 0 Å². The van der Waals surface area contributed by atoms with Gasteiger partial charge in [-0.2, -0.15) is 0 Å². The molecule has 2 bridgehead atoms. The van der Waals surface area contributed by atoms with Gasteiger partial charge in [-0.3, -0.25) is 0 Å². The van der Waals surface area contributed by atoms with E-state index in [1.807, 2.05) is 18.2 Å². The van der Waals surface area contributed by atoms with Crippen molar-refractivity contribution in [2.24, 2.45) is 0 Å². The fourth-order valence-electron chi connectivity index (χ4n) is 3.43. The Morgan fingerprint density at radius 1 is 1.12 bits per heavy atom. The van der Waals surface area contributed by atoms with E-state index >= 15 is 0 Å². The van der Waals surface area contributed by atoms with Crippen LogP contribution in [0.25, 0.3) is 0 Å². The summed E-state index contributed by atoms with van der Waals surface area (Å²) in [4.78, 5) is 2.46. The van der Waals surface area contributed by atoms with Gasteiger partial charge in [-0.15, -0.1) is 0 Å². The van der Waals surface area contributed by atoms with Crippen LogP contribution in [0.2, 0.25) is 0 Å². The minimum atomic E-state index is -0.584. The Kier molecular flexibility index (Phi) is 2.30. The third kappa shape index (κ3) is 1.48. The molecular weight excluding hydrogens is 198 g/mol. The fourth-order valence-corrected chi connectivity index (χ4v) is 3.43. The number of hydrogen-bond acceptors (Lipinski definition) is 2. The van der Waals surface area contributed by atoms with Crippen LogP contribution < -0.4 is 0 Å². The summed E-state index contributed by atoms with van der Waals surface area (Å²) < 4.78 is 0. The summed E-state index contributed by atoms with van der Waals surface area (Å²) in [5.41, 5.74) is 0.513. The van der Waals surface area contributed by atoms with Gasteiger partial charge in [0.05, 0.1) is 5.60 Å². The first-order valence-electron chi connectivity index (χ1n) is 6.19. The molecule has 0 aliphatic carbocycles. The van der Waals surface area contributed by atoms with E-state index in [4.69, 9.17) is 0 Å². The lowest BCUT2D eigenvalue weighted by Gasteiger charge is -2.42. The molecule has 2 atom stereocenters. The zero-order chi connectivity index (χ0) is 11.2. The molecular formula is C14H19NO. The van der Waals surface area contributed by atoms with E-state index in [0.29, 0.717) is 12.1 Å². The van der Waals surface area contributed by atoms with E-state index in [9.17, 15) is 5.11 Å². The second-order valence-electron chi connectivity index (χ2n) is 5.36. The van der Waals surface area contributed by atoms with Gasteiger partial charge in [0.25, 0.3) is 0 Å². The van der Waals surface area contributed by atoms with Crippen molar-refractivity contribution >= 4 is 0 Å². The number of nitrogens with zero attached hydrogens (tertiary/aromatic N) is 1. The maximum atomic E-state index is 10.8. The van der Waals surface area contributed by atoms with Crippen LogP contribution >= 0.6 is 0 Å². The van der Waals surface area contributed by atoms with Gasteiger partial charge >= 0.3 is 0 Å². The third-order valence-corrected chi connectivity index (χ3v) is 4.44. The molecule has 1 N–H and O–H groups in total. The van der Waals surface area contributed by atoms with Gasteiger partial charge < -0.3 is 10.0 Å². The van der Waals surface area contributed by atoms with E-state index in [0.717, 1.165) is 18.4 Å². The van der Waals surface area contributed by atoms with E-state index in [1.54, 1.807) is 0 Å². The quantitative estimate of drug-likeness (QED) is 0.779. The SMILES string of the molecule is CN1C2CCC1CC(O)(c1ccccc1)C2. The van der Waals surface area contributed by atoms with Crippen LogP contribution in [-0.4, -0.2) is 29.1 Å². The molecule has 2 aliphatic heterocycles. The normalized spacial score (nSPS) is 38.9. The van der Waals surface area contributed by atoms with Gasteiger partial charge in [0.2, 0.25) is 0 Å². The first kappa shape index (κ1) is 10.3. The molecule has 2 fully saturated rings. The second-order valence-corrected chi connectivity index (χ2v) is 5.36. The monoisotopic (exact) mass is 217 g/mol. The van der Waals surface area contributed by atoms with Gasteiger partial charge in [-0.1, -0.05) is 30.3 Å². The number of aliphatic hydroxyl groups is 1. The van der Waals surface area contributed by atoms with Crippen molar-refractivity contribution in [2.75, 3.05) is 7.05 Å². The first-order chi connectivity index (χ1) is 7.69. The van der Waals surface area contributed by atoms with E-state index < -0.39 is 5.60 Å². The Morgan fingerprint density at radius 3 is 2.25 bits per heavy atom. The molecule has 16 heavy (non-hydrogen) atoms. The van der Waals surface area contributed by atoms with Crippen LogP contribution in [0.15, 0.2) is 30.3 Å². The van der Waals surface area contributed by atoms with Gasteiger partial charge in [0, 0.05) is 12.1 Å². The summed E-state index contributed by atoms with van der Waals surface area (Å²) >= 11 is 0. The zero-order valence-corrected chi connectivity index (χ0v) is 9.76. The minimum Gasteiger partial charge on any atom is -0.385 e. The van der Waals surface area contributed by atoms with E-state index in [2.05, 4.69) is 24.1 Å². The highest BCUT2D eigenvalue weighted by Crippen LogP contribution is 2.44. The third-order valence-electron chi connectivity index (χ3n) is 4.44. The van der Waals surface area contributed by atoms with Crippen molar-refractivity contribution in [2.45, 2.75) is 43.4 Å². The molecule has 2 heteroatoms. The lowest BCUT2D eigenvalue weighted by Crippen LogP contribution is -2.47. The predicted molar refractivity (Wildman–Crippen MR) is 64.1 cm³/mol. The van der Waals surface area contributed by atoms with Crippen molar-refractivity contribution in [3.8, 4) is 0 Å². The van der Waals surface area contributed by atoms with Crippen LogP contribution in [0, 0.1) is 0 Å². The number of benzene rings is 1. The highest BCUT2D eigenvalue weighted by Gasteiger charge is 2.46. The summed E-state index contributed by atoms with van der Waals surface area (Å²) in [6.45, 7) is 0. The van der Waals surface area contributed by atoms with Crippen molar-refractivity contribution in [3.63, 3.8) is 0 Å². The number of fused-ring (bicyclic) bond motifs is 2. The fraction of sp³-hybridized carbons (Fsp3) is 0.571. The molecule has 2 nitrogen and oxygen atoms in total. The molecule has 2 unspecified atom stereocenters. The molecule has 2 heterocycles. The molecule has 1 aromatic rings. The summed E-state index contributed by atoms with van der Waals surface area (Å²) in [5.74, 6) is 0. The van der Waals surface area contributed by atoms with Crippen molar-refractivity contribution < 1.29 is 5.11 Å². The smallest absolute Gasteiger partial charge is 0.0926 e. The Hall–Kier alpha value is -0.860. The molecule has 0 aromatic heterocycles. The lowest BCUT2D eigenvalue weighted by atomic mass is 9.81. The zero-order valence-electron chi connectivity index (χ0n) is 9.76. The number of rotatable bonds is 1. The van der Waals surface area contributed by atoms with Crippen LogP contribution in [0.1, 0.15) is 31.2 Å². The average molecular weight is 217 g/mol. The molecule has 0 spiro atoms.